The van der Waals surface area contributed by atoms with Crippen LogP contribution in [0.2, 0.25) is 0 Å². The van der Waals surface area contributed by atoms with Crippen molar-refractivity contribution in [3.63, 3.8) is 0 Å². The van der Waals surface area contributed by atoms with Crippen molar-refractivity contribution < 1.29 is 23.2 Å². The molecule has 0 spiro atoms. The number of nitro groups is 1. The van der Waals surface area contributed by atoms with E-state index in [9.17, 15) is 28.4 Å². The number of aliphatic carboxylic acids is 1. The third-order valence-electron chi connectivity index (χ3n) is 2.90. The molecule has 10 heteroatoms. The van der Waals surface area contributed by atoms with Crippen LogP contribution in [0.3, 0.4) is 0 Å². The predicted molar refractivity (Wildman–Crippen MR) is 77.7 cm³/mol. The Morgan fingerprint density at radius 2 is 2.14 bits per heavy atom. The van der Waals surface area contributed by atoms with Crippen LogP contribution in [0, 0.1) is 10.1 Å². The molecule has 22 heavy (non-hydrogen) atoms. The number of carboxylic acid groups (broad SMARTS) is 1. The van der Waals surface area contributed by atoms with Crippen LogP contribution < -0.4 is 0 Å². The average Bonchev–Trinajstić information content (AvgIpc) is 2.45. The number of aliphatic imine (C=N–C) groups is 1. The second kappa shape index (κ2) is 5.56. The number of sulfonamides is 1. The first kappa shape index (κ1) is 15.6. The molecule has 1 aliphatic heterocycles. The first-order valence-corrected chi connectivity index (χ1v) is 7.76. The minimum absolute atomic E-state index is 0.114. The summed E-state index contributed by atoms with van der Waals surface area (Å²) in [6.45, 7) is -0.284. The molecule has 0 aromatic heterocycles. The van der Waals surface area contributed by atoms with E-state index in [-0.39, 0.29) is 29.2 Å². The van der Waals surface area contributed by atoms with Crippen LogP contribution in [-0.2, 0) is 14.8 Å². The van der Waals surface area contributed by atoms with Gasteiger partial charge in [0.1, 0.15) is 12.2 Å². The van der Waals surface area contributed by atoms with Gasteiger partial charge >= 0.3 is 5.97 Å². The van der Waals surface area contributed by atoms with Gasteiger partial charge in [0.15, 0.2) is 0 Å². The van der Waals surface area contributed by atoms with Gasteiger partial charge in [0.2, 0.25) is 10.0 Å². The fourth-order valence-corrected chi connectivity index (χ4v) is 2.78. The summed E-state index contributed by atoms with van der Waals surface area (Å²) in [4.78, 5) is 25.2. The van der Waals surface area contributed by atoms with Crippen LogP contribution in [0.4, 0.5) is 5.69 Å². The van der Waals surface area contributed by atoms with Crippen molar-refractivity contribution in [2.24, 2.45) is 4.99 Å². The highest BCUT2D eigenvalue weighted by atomic mass is 32.2. The summed E-state index contributed by atoms with van der Waals surface area (Å²) in [5.41, 5.74) is -0.653. The van der Waals surface area contributed by atoms with Gasteiger partial charge in [0, 0.05) is 23.9 Å². The van der Waals surface area contributed by atoms with Gasteiger partial charge < -0.3 is 5.11 Å². The average molecular weight is 325 g/mol. The number of nitrogens with zero attached hydrogens (tertiary/aromatic N) is 3. The van der Waals surface area contributed by atoms with Gasteiger partial charge in [0.05, 0.1) is 16.9 Å². The Morgan fingerprint density at radius 1 is 1.45 bits per heavy atom. The van der Waals surface area contributed by atoms with Crippen LogP contribution in [0.5, 0.6) is 0 Å². The van der Waals surface area contributed by atoms with E-state index >= 15 is 0 Å². The highest BCUT2D eigenvalue weighted by molar-refractivity contribution is 7.88. The lowest BCUT2D eigenvalue weighted by atomic mass is 10.1. The molecule has 2 rings (SSSR count). The minimum Gasteiger partial charge on any atom is -0.478 e. The Balaban J connectivity index is 2.73. The zero-order valence-electron chi connectivity index (χ0n) is 11.3. The molecule has 1 aromatic carbocycles. The van der Waals surface area contributed by atoms with Gasteiger partial charge in [-0.3, -0.25) is 15.1 Å². The molecule has 1 heterocycles. The van der Waals surface area contributed by atoms with Crippen molar-refractivity contribution in [1.82, 2.24) is 4.31 Å². The smallest absolute Gasteiger partial charge is 0.339 e. The number of carboxylic acids is 1. The van der Waals surface area contributed by atoms with E-state index in [4.69, 9.17) is 0 Å². The second-order valence-electron chi connectivity index (χ2n) is 4.44. The maximum absolute atomic E-state index is 11.8. The van der Waals surface area contributed by atoms with Crippen molar-refractivity contribution in [1.29, 1.82) is 0 Å². The highest BCUT2D eigenvalue weighted by Crippen LogP contribution is 2.29. The lowest BCUT2D eigenvalue weighted by Gasteiger charge is -2.27. The SMILES string of the molecule is CS(=O)(=O)N1CN=CC(C(=O)O)=C1c1cccc([N+](=O)[O-])c1. The molecule has 116 valence electrons. The van der Waals surface area contributed by atoms with E-state index < -0.39 is 20.9 Å². The molecule has 1 aromatic rings. The van der Waals surface area contributed by atoms with E-state index in [2.05, 4.69) is 4.99 Å². The Labute approximate surface area is 125 Å². The summed E-state index contributed by atoms with van der Waals surface area (Å²) in [6.07, 6.45) is 1.95. The molecule has 0 fully saturated rings. The first-order chi connectivity index (χ1) is 10.2. The standard InChI is InChI=1S/C12H11N3O6S/c1-22(20,21)14-7-13-6-10(12(16)17)11(14)8-3-2-4-9(5-8)15(18)19/h2-6H,7H2,1H3,(H,16,17). The van der Waals surface area contributed by atoms with Crippen molar-refractivity contribution in [3.8, 4) is 0 Å². The Bertz CT molecular complexity index is 812. The normalized spacial score (nSPS) is 15.0. The highest BCUT2D eigenvalue weighted by Gasteiger charge is 2.29. The Hall–Kier alpha value is -2.75. The largest absolute Gasteiger partial charge is 0.478 e. The lowest BCUT2D eigenvalue weighted by molar-refractivity contribution is -0.384. The molecule has 0 aliphatic carbocycles. The summed E-state index contributed by atoms with van der Waals surface area (Å²) in [5, 5.41) is 20.1. The van der Waals surface area contributed by atoms with Crippen LogP contribution in [0.1, 0.15) is 5.56 Å². The maximum Gasteiger partial charge on any atom is 0.339 e. The molecule has 0 unspecified atom stereocenters. The Kier molecular flexibility index (Phi) is 3.95. The molecular formula is C12H11N3O6S. The van der Waals surface area contributed by atoms with E-state index in [0.717, 1.165) is 22.8 Å². The van der Waals surface area contributed by atoms with Crippen molar-refractivity contribution >= 4 is 33.6 Å². The topological polar surface area (TPSA) is 130 Å². The van der Waals surface area contributed by atoms with Crippen molar-refractivity contribution in [2.75, 3.05) is 12.9 Å². The van der Waals surface area contributed by atoms with E-state index in [1.54, 1.807) is 0 Å². The maximum atomic E-state index is 11.8. The first-order valence-electron chi connectivity index (χ1n) is 5.91. The summed E-state index contributed by atoms with van der Waals surface area (Å²) >= 11 is 0. The van der Waals surface area contributed by atoms with Crippen LogP contribution in [0.15, 0.2) is 34.8 Å². The lowest BCUT2D eigenvalue weighted by Crippen LogP contribution is -2.33. The molecule has 1 aliphatic rings. The van der Waals surface area contributed by atoms with Crippen LogP contribution in [-0.4, -0.2) is 47.9 Å². The molecule has 0 atom stereocenters. The summed E-state index contributed by atoms with van der Waals surface area (Å²) in [6, 6.07) is 5.11. The third kappa shape index (κ3) is 2.96. The number of hydrogen-bond donors (Lipinski definition) is 1. The van der Waals surface area contributed by atoms with Gasteiger partial charge in [-0.15, -0.1) is 0 Å². The monoisotopic (exact) mass is 325 g/mol. The molecule has 0 saturated heterocycles. The fraction of sp³-hybridized carbons (Fsp3) is 0.167. The van der Waals surface area contributed by atoms with E-state index in [1.807, 2.05) is 0 Å². The fourth-order valence-electron chi connectivity index (χ4n) is 1.97. The number of nitro benzene ring substituents is 1. The predicted octanol–water partition coefficient (Wildman–Crippen LogP) is 0.694. The molecule has 0 bridgehead atoms. The molecule has 0 saturated carbocycles. The summed E-state index contributed by atoms with van der Waals surface area (Å²) in [7, 11) is -3.79. The zero-order chi connectivity index (χ0) is 16.5. The summed E-state index contributed by atoms with van der Waals surface area (Å²) < 4.78 is 24.5. The van der Waals surface area contributed by atoms with E-state index in [0.29, 0.717) is 0 Å². The number of hydrogen-bond acceptors (Lipinski definition) is 6. The summed E-state index contributed by atoms with van der Waals surface area (Å²) in [5.74, 6) is -1.38. The minimum atomic E-state index is -3.79. The second-order valence-corrected chi connectivity index (χ2v) is 6.35. The number of rotatable bonds is 4. The number of carbonyl (C=O) groups is 1. The van der Waals surface area contributed by atoms with Gasteiger partial charge in [-0.2, -0.15) is 0 Å². The van der Waals surface area contributed by atoms with Crippen LogP contribution in [0.25, 0.3) is 5.70 Å². The zero-order valence-corrected chi connectivity index (χ0v) is 12.1. The van der Waals surface area contributed by atoms with Gasteiger partial charge in [-0.05, 0) is 0 Å². The van der Waals surface area contributed by atoms with Gasteiger partial charge in [-0.1, -0.05) is 12.1 Å². The van der Waals surface area contributed by atoms with Crippen LogP contribution >= 0.6 is 0 Å². The van der Waals surface area contributed by atoms with Crippen molar-refractivity contribution in [3.05, 3.63) is 45.5 Å². The number of benzene rings is 1. The van der Waals surface area contributed by atoms with Gasteiger partial charge in [-0.25, -0.2) is 17.5 Å². The molecule has 9 nitrogen and oxygen atoms in total. The quantitative estimate of drug-likeness (QED) is 0.640. The van der Waals surface area contributed by atoms with E-state index in [1.165, 1.54) is 18.2 Å². The molecule has 1 N–H and O–H groups in total. The molecular weight excluding hydrogens is 314 g/mol. The Morgan fingerprint density at radius 3 is 2.68 bits per heavy atom. The van der Waals surface area contributed by atoms with Gasteiger partial charge in [0.25, 0.3) is 5.69 Å². The molecule has 0 amide bonds. The van der Waals surface area contributed by atoms with Crippen molar-refractivity contribution in [2.45, 2.75) is 0 Å². The third-order valence-corrected chi connectivity index (χ3v) is 3.99. The number of non-ortho nitro benzene ring substituents is 1. The molecule has 0 radical (unpaired) electrons.